The molecule has 2 aromatic carbocycles. The van der Waals surface area contributed by atoms with Crippen molar-refractivity contribution in [2.75, 3.05) is 6.54 Å². The van der Waals surface area contributed by atoms with Gasteiger partial charge < -0.3 is 15.0 Å². The normalized spacial score (nSPS) is 15.8. The highest BCUT2D eigenvalue weighted by atomic mass is 16.5. The molecule has 1 saturated heterocycles. The molecule has 0 amide bonds. The quantitative estimate of drug-likeness (QED) is 0.427. The fourth-order valence-electron chi connectivity index (χ4n) is 4.19. The number of aromatic nitrogens is 7. The summed E-state index contributed by atoms with van der Waals surface area (Å²) < 4.78 is 6.37. The molecule has 0 radical (unpaired) electrons. The summed E-state index contributed by atoms with van der Waals surface area (Å²) in [6.45, 7) is 1.00. The number of fused-ring (bicyclic) bond motifs is 1. The second-order valence-corrected chi connectivity index (χ2v) is 8.09. The van der Waals surface area contributed by atoms with Crippen molar-refractivity contribution in [3.8, 4) is 34.4 Å². The van der Waals surface area contributed by atoms with Crippen molar-refractivity contribution >= 4 is 11.0 Å². The lowest BCUT2D eigenvalue weighted by atomic mass is 10.0. The van der Waals surface area contributed by atoms with Crippen molar-refractivity contribution in [3.05, 3.63) is 66.4 Å². The number of rotatable bonds is 5. The monoisotopic (exact) mass is 438 g/mol. The number of nitrogens with one attached hydrogen (secondary N) is 2. The highest BCUT2D eigenvalue weighted by Gasteiger charge is 2.22. The van der Waals surface area contributed by atoms with Gasteiger partial charge in [-0.15, -0.1) is 10.2 Å². The molecule has 0 spiro atoms. The molecule has 0 saturated carbocycles. The number of H-pyrrole nitrogens is 1. The largest absolute Gasteiger partial charge is 0.457 e. The summed E-state index contributed by atoms with van der Waals surface area (Å²) in [5, 5.41) is 15.8. The number of hydrogen-bond donors (Lipinski definition) is 2. The summed E-state index contributed by atoms with van der Waals surface area (Å²) in [5.74, 6) is 2.86. The van der Waals surface area contributed by atoms with Gasteiger partial charge in [0.25, 0.3) is 0 Å². The van der Waals surface area contributed by atoms with E-state index in [0.29, 0.717) is 5.82 Å². The molecule has 1 aliphatic heterocycles. The van der Waals surface area contributed by atoms with Crippen molar-refractivity contribution in [1.82, 2.24) is 40.5 Å². The molecule has 2 N–H and O–H groups in total. The van der Waals surface area contributed by atoms with Crippen molar-refractivity contribution in [3.63, 3.8) is 0 Å². The van der Waals surface area contributed by atoms with Gasteiger partial charge in [0.2, 0.25) is 5.82 Å². The predicted octanol–water partition coefficient (Wildman–Crippen LogP) is 4.03. The third-order valence-electron chi connectivity index (χ3n) is 5.81. The Labute approximate surface area is 189 Å². The average Bonchev–Trinajstić information content (AvgIpc) is 3.60. The van der Waals surface area contributed by atoms with Crippen LogP contribution in [0.2, 0.25) is 0 Å². The minimum Gasteiger partial charge on any atom is -0.457 e. The molecular formula is C24H22N8O. The van der Waals surface area contributed by atoms with Gasteiger partial charge in [0.15, 0.2) is 5.82 Å². The molecule has 0 bridgehead atoms. The van der Waals surface area contributed by atoms with Crippen LogP contribution in [0.25, 0.3) is 33.9 Å². The maximum atomic E-state index is 6.37. The molecule has 1 unspecified atom stereocenters. The zero-order valence-corrected chi connectivity index (χ0v) is 18.1. The van der Waals surface area contributed by atoms with Gasteiger partial charge in [-0.25, -0.2) is 4.98 Å². The third kappa shape index (κ3) is 3.83. The van der Waals surface area contributed by atoms with Crippen LogP contribution < -0.4 is 10.1 Å². The van der Waals surface area contributed by atoms with Gasteiger partial charge in [0.1, 0.15) is 17.2 Å². The van der Waals surface area contributed by atoms with Crippen molar-refractivity contribution in [1.29, 1.82) is 0 Å². The topological polar surface area (TPSA) is 106 Å². The minimum atomic E-state index is 0.245. The first kappa shape index (κ1) is 19.6. The Morgan fingerprint density at radius 1 is 1.09 bits per heavy atom. The summed E-state index contributed by atoms with van der Waals surface area (Å²) in [5.41, 5.74) is 4.63. The summed E-state index contributed by atoms with van der Waals surface area (Å²) in [6, 6.07) is 17.9. The highest BCUT2D eigenvalue weighted by Crippen LogP contribution is 2.37. The predicted molar refractivity (Wildman–Crippen MR) is 124 cm³/mol. The number of benzene rings is 2. The molecule has 4 heterocycles. The average molecular weight is 438 g/mol. The summed E-state index contributed by atoms with van der Waals surface area (Å²) in [6.07, 6.45) is 3.98. The van der Waals surface area contributed by atoms with Crippen LogP contribution in [0.1, 0.15) is 24.4 Å². The first-order chi connectivity index (χ1) is 16.2. The Bertz CT molecular complexity index is 1400. The van der Waals surface area contributed by atoms with Crippen LogP contribution in [-0.4, -0.2) is 41.7 Å². The number of aromatic amines is 1. The Morgan fingerprint density at radius 3 is 2.73 bits per heavy atom. The standard InChI is InChI=1S/C24H22N8O/c1-32-30-23(29-31-32)15-7-9-16(10-8-15)33-22-14-21-20(13-17(22)18-6-4-12-25-18)27-24(28-21)19-5-2-3-11-26-19/h2-3,5,7-11,13-14,18,25H,4,6,12H2,1H3,(H,27,28). The first-order valence-corrected chi connectivity index (χ1v) is 10.9. The van der Waals surface area contributed by atoms with Crippen molar-refractivity contribution in [2.24, 2.45) is 7.05 Å². The smallest absolute Gasteiger partial charge is 0.204 e. The van der Waals surface area contributed by atoms with Gasteiger partial charge in [-0.2, -0.15) is 4.80 Å². The van der Waals surface area contributed by atoms with Crippen molar-refractivity contribution < 1.29 is 4.74 Å². The van der Waals surface area contributed by atoms with Gasteiger partial charge in [-0.1, -0.05) is 6.07 Å². The maximum Gasteiger partial charge on any atom is 0.204 e. The van der Waals surface area contributed by atoms with E-state index < -0.39 is 0 Å². The number of hydrogen-bond acceptors (Lipinski definition) is 7. The number of pyridine rings is 1. The van der Waals surface area contributed by atoms with E-state index in [4.69, 9.17) is 9.72 Å². The Balaban J connectivity index is 1.36. The van der Waals surface area contributed by atoms with E-state index in [2.05, 4.69) is 36.8 Å². The van der Waals surface area contributed by atoms with Crippen molar-refractivity contribution in [2.45, 2.75) is 18.9 Å². The molecule has 1 atom stereocenters. The maximum absolute atomic E-state index is 6.37. The fourth-order valence-corrected chi connectivity index (χ4v) is 4.19. The lowest BCUT2D eigenvalue weighted by Crippen LogP contribution is -2.13. The molecule has 0 aliphatic carbocycles. The number of aryl methyl sites for hydroxylation is 1. The van der Waals surface area contributed by atoms with Crippen LogP contribution in [0.15, 0.2) is 60.8 Å². The zero-order chi connectivity index (χ0) is 22.2. The van der Waals surface area contributed by atoms with Gasteiger partial charge in [-0.05, 0) is 67.1 Å². The van der Waals surface area contributed by atoms with E-state index >= 15 is 0 Å². The fraction of sp³-hybridized carbons (Fsp3) is 0.208. The molecular weight excluding hydrogens is 416 g/mol. The van der Waals surface area contributed by atoms with E-state index in [1.54, 1.807) is 13.2 Å². The number of nitrogens with zero attached hydrogens (tertiary/aromatic N) is 6. The zero-order valence-electron chi connectivity index (χ0n) is 18.1. The molecule has 1 fully saturated rings. The number of imidazole rings is 1. The Morgan fingerprint density at radius 2 is 2.00 bits per heavy atom. The summed E-state index contributed by atoms with van der Waals surface area (Å²) in [4.78, 5) is 14.0. The Kier molecular flexibility index (Phi) is 4.80. The molecule has 3 aromatic heterocycles. The number of ether oxygens (including phenoxy) is 1. The lowest BCUT2D eigenvalue weighted by Gasteiger charge is -2.17. The first-order valence-electron chi connectivity index (χ1n) is 10.9. The third-order valence-corrected chi connectivity index (χ3v) is 5.81. The second kappa shape index (κ2) is 8.10. The van der Waals surface area contributed by atoms with Crippen LogP contribution in [0, 0.1) is 0 Å². The summed E-state index contributed by atoms with van der Waals surface area (Å²) >= 11 is 0. The van der Waals surface area contributed by atoms with E-state index in [0.717, 1.165) is 64.6 Å². The molecule has 9 nitrogen and oxygen atoms in total. The molecule has 6 rings (SSSR count). The van der Waals surface area contributed by atoms with Gasteiger partial charge >= 0.3 is 0 Å². The second-order valence-electron chi connectivity index (χ2n) is 8.09. The number of tetrazole rings is 1. The molecule has 1 aliphatic rings. The van der Waals surface area contributed by atoms with Crippen LogP contribution in [0.3, 0.4) is 0 Å². The van der Waals surface area contributed by atoms with E-state index in [1.165, 1.54) is 4.80 Å². The summed E-state index contributed by atoms with van der Waals surface area (Å²) in [7, 11) is 1.75. The van der Waals surface area contributed by atoms with E-state index in [9.17, 15) is 0 Å². The van der Waals surface area contributed by atoms with E-state index in [1.807, 2.05) is 48.5 Å². The van der Waals surface area contributed by atoms with Crippen LogP contribution in [0.4, 0.5) is 0 Å². The SMILES string of the molecule is Cn1nnc(-c2ccc(Oc3cc4nc(-c5ccccn5)[nH]c4cc3C3CCCN3)cc2)n1. The van der Waals surface area contributed by atoms with Gasteiger partial charge in [0, 0.05) is 29.4 Å². The molecule has 9 heteroatoms. The Hall–Kier alpha value is -4.11. The lowest BCUT2D eigenvalue weighted by molar-refractivity contribution is 0.466. The minimum absolute atomic E-state index is 0.245. The van der Waals surface area contributed by atoms with E-state index in [-0.39, 0.29) is 6.04 Å². The molecule has 164 valence electrons. The highest BCUT2D eigenvalue weighted by molar-refractivity contribution is 5.82. The molecule has 33 heavy (non-hydrogen) atoms. The molecule has 5 aromatic rings. The van der Waals surface area contributed by atoms with Crippen LogP contribution >= 0.6 is 0 Å². The van der Waals surface area contributed by atoms with Gasteiger partial charge in [-0.3, -0.25) is 4.98 Å². The van der Waals surface area contributed by atoms with Crippen LogP contribution in [0.5, 0.6) is 11.5 Å². The van der Waals surface area contributed by atoms with Gasteiger partial charge in [0.05, 0.1) is 18.1 Å². The van der Waals surface area contributed by atoms with Crippen LogP contribution in [-0.2, 0) is 7.05 Å².